The minimum atomic E-state index is -0.359. The van der Waals surface area contributed by atoms with E-state index in [1.165, 1.54) is 17.6 Å². The Balaban J connectivity index is 1.94. The number of rotatable bonds is 2. The average Bonchev–Trinajstić information content (AvgIpc) is 3.05. The van der Waals surface area contributed by atoms with Crippen LogP contribution in [0.3, 0.4) is 0 Å². The Kier molecular flexibility index (Phi) is 2.92. The number of amides is 1. The van der Waals surface area contributed by atoms with Gasteiger partial charge in [0, 0.05) is 7.05 Å². The molecule has 0 spiro atoms. The number of carbonyl (C=O) groups excluding carboxylic acids is 1. The van der Waals surface area contributed by atoms with Crippen LogP contribution in [0.25, 0.3) is 10.2 Å². The average molecular weight is 273 g/mol. The number of benzene rings is 1. The lowest BCUT2D eigenvalue weighted by atomic mass is 10.3. The number of para-hydroxylation sites is 1. The zero-order chi connectivity index (χ0) is 13.2. The van der Waals surface area contributed by atoms with Gasteiger partial charge in [0.15, 0.2) is 5.76 Å². The van der Waals surface area contributed by atoms with E-state index in [0.29, 0.717) is 0 Å². The van der Waals surface area contributed by atoms with Crippen molar-refractivity contribution in [2.45, 2.75) is 0 Å². The topological polar surface area (TPSA) is 59.5 Å². The zero-order valence-electron chi connectivity index (χ0n) is 10.2. The summed E-state index contributed by atoms with van der Waals surface area (Å²) >= 11 is 1.51. The van der Waals surface area contributed by atoms with Gasteiger partial charge in [-0.3, -0.25) is 4.79 Å². The van der Waals surface area contributed by atoms with Gasteiger partial charge in [-0.05, 0) is 24.3 Å². The number of nitrogens with zero attached hydrogens (tertiary/aromatic N) is 2. The van der Waals surface area contributed by atoms with Crippen molar-refractivity contribution in [3.63, 3.8) is 0 Å². The van der Waals surface area contributed by atoms with E-state index in [-0.39, 0.29) is 11.7 Å². The summed E-state index contributed by atoms with van der Waals surface area (Å²) in [5.74, 6) is -0.116. The molecule has 0 fully saturated rings. The molecule has 3 aromatic rings. The quantitative estimate of drug-likeness (QED) is 0.727. The number of thiazole rings is 1. The summed E-state index contributed by atoms with van der Waals surface area (Å²) in [6, 6.07) is 11.2. The first-order chi connectivity index (χ1) is 9.25. The van der Waals surface area contributed by atoms with Crippen molar-refractivity contribution < 1.29 is 9.21 Å². The van der Waals surface area contributed by atoms with Gasteiger partial charge in [-0.25, -0.2) is 5.43 Å². The highest BCUT2D eigenvalue weighted by atomic mass is 32.1. The van der Waals surface area contributed by atoms with Crippen LogP contribution in [0.15, 0.2) is 52.2 Å². The van der Waals surface area contributed by atoms with Crippen LogP contribution >= 0.6 is 11.3 Å². The Morgan fingerprint density at radius 2 is 2.16 bits per heavy atom. The first-order valence-electron chi connectivity index (χ1n) is 5.68. The normalized spacial score (nSPS) is 11.9. The smallest absolute Gasteiger partial charge is 0.307 e. The molecule has 0 unspecified atom stereocenters. The molecule has 2 heterocycles. The number of aromatic nitrogens is 1. The molecule has 1 amide bonds. The Morgan fingerprint density at radius 1 is 1.32 bits per heavy atom. The van der Waals surface area contributed by atoms with Crippen LogP contribution in [0.5, 0.6) is 0 Å². The fourth-order valence-corrected chi connectivity index (χ4v) is 2.73. The van der Waals surface area contributed by atoms with E-state index in [1.54, 1.807) is 12.1 Å². The van der Waals surface area contributed by atoms with E-state index in [4.69, 9.17) is 4.42 Å². The summed E-state index contributed by atoms with van der Waals surface area (Å²) in [4.78, 5) is 12.4. The standard InChI is InChI=1S/C13H11N3O2S/c1-16-9-5-2-3-7-11(9)19-13(16)15-14-12(17)10-6-4-8-18-10/h2-8H,1H3,(H,14,17)/b15-13+. The predicted molar refractivity (Wildman–Crippen MR) is 72.5 cm³/mol. The van der Waals surface area contributed by atoms with Crippen LogP contribution in [0, 0.1) is 0 Å². The molecular weight excluding hydrogens is 262 g/mol. The van der Waals surface area contributed by atoms with E-state index in [9.17, 15) is 4.79 Å². The molecule has 0 saturated heterocycles. The van der Waals surface area contributed by atoms with Crippen molar-refractivity contribution in [1.29, 1.82) is 0 Å². The Hall–Kier alpha value is -2.34. The molecule has 19 heavy (non-hydrogen) atoms. The van der Waals surface area contributed by atoms with Gasteiger partial charge in [0.25, 0.3) is 0 Å². The molecule has 1 N–H and O–H groups in total. The number of fused-ring (bicyclic) bond motifs is 1. The Bertz CT molecular complexity index is 784. The second-order valence-corrected chi connectivity index (χ2v) is 4.95. The number of aryl methyl sites for hydroxylation is 1. The number of nitrogens with one attached hydrogen (secondary N) is 1. The summed E-state index contributed by atoms with van der Waals surface area (Å²) < 4.78 is 8.05. The molecule has 96 valence electrons. The predicted octanol–water partition coefficient (Wildman–Crippen LogP) is 2.08. The summed E-state index contributed by atoms with van der Waals surface area (Å²) in [7, 11) is 1.91. The molecule has 5 nitrogen and oxygen atoms in total. The van der Waals surface area contributed by atoms with E-state index >= 15 is 0 Å². The molecule has 0 aliphatic carbocycles. The van der Waals surface area contributed by atoms with Crippen LogP contribution in [0.2, 0.25) is 0 Å². The monoisotopic (exact) mass is 273 g/mol. The van der Waals surface area contributed by atoms with Crippen molar-refractivity contribution in [3.8, 4) is 0 Å². The summed E-state index contributed by atoms with van der Waals surface area (Å²) in [6.07, 6.45) is 1.45. The van der Waals surface area contributed by atoms with Gasteiger partial charge in [-0.2, -0.15) is 0 Å². The molecule has 0 bridgehead atoms. The van der Waals surface area contributed by atoms with Crippen molar-refractivity contribution in [1.82, 2.24) is 9.99 Å². The molecular formula is C13H11N3O2S. The molecule has 2 aromatic heterocycles. The maximum Gasteiger partial charge on any atom is 0.307 e. The van der Waals surface area contributed by atoms with Gasteiger partial charge < -0.3 is 8.98 Å². The Labute approximate surface area is 112 Å². The number of hydrogen-bond acceptors (Lipinski definition) is 4. The third-order valence-electron chi connectivity index (χ3n) is 2.71. The highest BCUT2D eigenvalue weighted by molar-refractivity contribution is 7.16. The van der Waals surface area contributed by atoms with E-state index < -0.39 is 0 Å². The number of furan rings is 1. The van der Waals surface area contributed by atoms with E-state index in [2.05, 4.69) is 10.5 Å². The highest BCUT2D eigenvalue weighted by Crippen LogP contribution is 2.14. The molecule has 3 rings (SSSR count). The van der Waals surface area contributed by atoms with Crippen molar-refractivity contribution >= 4 is 27.5 Å². The van der Waals surface area contributed by atoms with E-state index in [1.807, 2.05) is 35.9 Å². The molecule has 0 aliphatic heterocycles. The molecule has 0 radical (unpaired) electrons. The molecule has 0 aliphatic rings. The van der Waals surface area contributed by atoms with Crippen LogP contribution < -0.4 is 10.2 Å². The highest BCUT2D eigenvalue weighted by Gasteiger charge is 2.07. The van der Waals surface area contributed by atoms with Gasteiger partial charge in [0.1, 0.15) is 0 Å². The SMILES string of the molecule is Cn1/c(=N\NC(=O)c2ccco2)sc2ccccc21. The van der Waals surface area contributed by atoms with Crippen LogP contribution in [-0.2, 0) is 7.05 Å². The zero-order valence-corrected chi connectivity index (χ0v) is 11.0. The summed E-state index contributed by atoms with van der Waals surface area (Å²) in [5, 5.41) is 4.12. The van der Waals surface area contributed by atoms with Gasteiger partial charge in [-0.1, -0.05) is 23.5 Å². The fourth-order valence-electron chi connectivity index (χ4n) is 1.75. The molecule has 0 atom stereocenters. The molecule has 0 saturated carbocycles. The second-order valence-electron chi connectivity index (χ2n) is 3.94. The summed E-state index contributed by atoms with van der Waals surface area (Å²) in [6.45, 7) is 0. The lowest BCUT2D eigenvalue weighted by Gasteiger charge is -1.95. The third-order valence-corrected chi connectivity index (χ3v) is 3.83. The minimum absolute atomic E-state index is 0.243. The Morgan fingerprint density at radius 3 is 2.89 bits per heavy atom. The first-order valence-corrected chi connectivity index (χ1v) is 6.49. The van der Waals surface area contributed by atoms with Crippen LogP contribution in [0.1, 0.15) is 10.6 Å². The number of hydrogen-bond donors (Lipinski definition) is 1. The molecule has 1 aromatic carbocycles. The lowest BCUT2D eigenvalue weighted by molar-refractivity contribution is 0.0925. The lowest BCUT2D eigenvalue weighted by Crippen LogP contribution is -2.22. The first kappa shape index (κ1) is 11.7. The summed E-state index contributed by atoms with van der Waals surface area (Å²) in [5.41, 5.74) is 3.57. The largest absolute Gasteiger partial charge is 0.459 e. The number of carbonyl (C=O) groups is 1. The van der Waals surface area contributed by atoms with Crippen molar-refractivity contribution in [3.05, 3.63) is 53.2 Å². The van der Waals surface area contributed by atoms with Crippen LogP contribution in [0.4, 0.5) is 0 Å². The maximum atomic E-state index is 11.7. The third kappa shape index (κ3) is 2.17. The van der Waals surface area contributed by atoms with E-state index in [0.717, 1.165) is 15.0 Å². The van der Waals surface area contributed by atoms with Gasteiger partial charge in [0.2, 0.25) is 4.80 Å². The van der Waals surface area contributed by atoms with Crippen molar-refractivity contribution in [2.75, 3.05) is 0 Å². The minimum Gasteiger partial charge on any atom is -0.459 e. The molecule has 6 heteroatoms. The van der Waals surface area contributed by atoms with Crippen molar-refractivity contribution in [2.24, 2.45) is 12.1 Å². The fraction of sp³-hybridized carbons (Fsp3) is 0.0769. The van der Waals surface area contributed by atoms with Crippen LogP contribution in [-0.4, -0.2) is 10.5 Å². The maximum absolute atomic E-state index is 11.7. The van der Waals surface area contributed by atoms with Gasteiger partial charge >= 0.3 is 5.91 Å². The van der Waals surface area contributed by atoms with Gasteiger partial charge in [0.05, 0.1) is 16.5 Å². The second kappa shape index (κ2) is 4.74. The van der Waals surface area contributed by atoms with Gasteiger partial charge in [-0.15, -0.1) is 5.10 Å².